The molecule has 0 radical (unpaired) electrons. The van der Waals surface area contributed by atoms with E-state index in [-0.39, 0.29) is 43.7 Å². The van der Waals surface area contributed by atoms with Crippen LogP contribution in [0.25, 0.3) is 0 Å². The van der Waals surface area contributed by atoms with Gasteiger partial charge in [-0.3, -0.25) is 4.79 Å². The molecule has 1 saturated heterocycles. The van der Waals surface area contributed by atoms with Gasteiger partial charge >= 0.3 is 6.03 Å². The first-order valence-electron chi connectivity index (χ1n) is 10.7. The minimum absolute atomic E-state index is 0.0374. The first-order chi connectivity index (χ1) is 15.3. The lowest BCUT2D eigenvalue weighted by atomic mass is 10.2. The molecule has 0 aromatic heterocycles. The molecule has 0 saturated carbocycles. The third-order valence-corrected chi connectivity index (χ3v) is 7.25. The molecule has 3 amide bonds. The average Bonchev–Trinajstić information content (AvgIpc) is 2.80. The van der Waals surface area contributed by atoms with Crippen molar-refractivity contribution >= 4 is 22.0 Å². The first kappa shape index (κ1) is 23.7. The van der Waals surface area contributed by atoms with Crippen LogP contribution in [0.1, 0.15) is 17.5 Å². The molecule has 1 fully saturated rings. The van der Waals surface area contributed by atoms with Gasteiger partial charge in [0.1, 0.15) is 0 Å². The molecule has 0 atom stereocenters. The fourth-order valence-electron chi connectivity index (χ4n) is 3.59. The molecular weight excluding hydrogens is 428 g/mol. The van der Waals surface area contributed by atoms with Crippen molar-refractivity contribution in [3.63, 3.8) is 0 Å². The largest absolute Gasteiger partial charge is 0.340 e. The number of sulfonamides is 1. The van der Waals surface area contributed by atoms with Gasteiger partial charge in [-0.1, -0.05) is 60.7 Å². The fourth-order valence-corrected chi connectivity index (χ4v) is 5.11. The van der Waals surface area contributed by atoms with Crippen molar-refractivity contribution in [3.05, 3.63) is 71.8 Å². The summed E-state index contributed by atoms with van der Waals surface area (Å²) in [5.74, 6) is -0.124. The van der Waals surface area contributed by atoms with Gasteiger partial charge in [-0.2, -0.15) is 4.31 Å². The van der Waals surface area contributed by atoms with E-state index in [2.05, 4.69) is 5.32 Å². The summed E-state index contributed by atoms with van der Waals surface area (Å²) in [6.07, 6.45) is 0.182. The number of piperazine rings is 1. The number of nitrogens with zero attached hydrogens (tertiary/aromatic N) is 3. The van der Waals surface area contributed by atoms with E-state index >= 15 is 0 Å². The highest BCUT2D eigenvalue weighted by Gasteiger charge is 2.28. The molecule has 32 heavy (non-hydrogen) atoms. The monoisotopic (exact) mass is 458 g/mol. The predicted octanol–water partition coefficient (Wildman–Crippen LogP) is 1.89. The molecule has 1 aliphatic rings. The summed E-state index contributed by atoms with van der Waals surface area (Å²) < 4.78 is 26.7. The van der Waals surface area contributed by atoms with Crippen molar-refractivity contribution in [1.29, 1.82) is 0 Å². The van der Waals surface area contributed by atoms with Crippen LogP contribution >= 0.6 is 0 Å². The first-order valence-corrected chi connectivity index (χ1v) is 12.3. The van der Waals surface area contributed by atoms with Crippen LogP contribution in [0.5, 0.6) is 0 Å². The quantitative estimate of drug-likeness (QED) is 0.654. The van der Waals surface area contributed by atoms with Crippen molar-refractivity contribution in [2.45, 2.75) is 18.7 Å². The molecule has 0 bridgehead atoms. The Morgan fingerprint density at radius 1 is 0.906 bits per heavy atom. The van der Waals surface area contributed by atoms with E-state index in [9.17, 15) is 18.0 Å². The summed E-state index contributed by atoms with van der Waals surface area (Å²) in [7, 11) is -1.71. The van der Waals surface area contributed by atoms with Gasteiger partial charge in [0.05, 0.1) is 5.75 Å². The summed E-state index contributed by atoms with van der Waals surface area (Å²) in [4.78, 5) is 27.9. The van der Waals surface area contributed by atoms with E-state index < -0.39 is 10.0 Å². The SMILES string of the molecule is CN(Cc1ccccc1)C(=O)NCCC(=O)N1CCN(S(=O)(=O)Cc2ccccc2)CC1. The zero-order valence-electron chi connectivity index (χ0n) is 18.3. The van der Waals surface area contributed by atoms with Gasteiger partial charge in [-0.25, -0.2) is 13.2 Å². The number of carbonyl (C=O) groups is 2. The van der Waals surface area contributed by atoms with Gasteiger partial charge in [-0.05, 0) is 11.1 Å². The van der Waals surface area contributed by atoms with Crippen molar-refractivity contribution < 1.29 is 18.0 Å². The molecule has 2 aromatic carbocycles. The Morgan fingerprint density at radius 2 is 1.47 bits per heavy atom. The van der Waals surface area contributed by atoms with Crippen molar-refractivity contribution in [1.82, 2.24) is 19.4 Å². The summed E-state index contributed by atoms with van der Waals surface area (Å²) in [5.41, 5.74) is 1.78. The Bertz CT molecular complexity index is 991. The van der Waals surface area contributed by atoms with Gasteiger partial charge < -0.3 is 15.1 Å². The van der Waals surface area contributed by atoms with E-state index in [1.807, 2.05) is 48.5 Å². The number of benzene rings is 2. The van der Waals surface area contributed by atoms with Crippen LogP contribution in [0.4, 0.5) is 4.79 Å². The molecule has 0 spiro atoms. The third kappa shape index (κ3) is 6.80. The molecule has 3 rings (SSSR count). The minimum Gasteiger partial charge on any atom is -0.340 e. The van der Waals surface area contributed by atoms with Crippen molar-refractivity contribution in [3.8, 4) is 0 Å². The smallest absolute Gasteiger partial charge is 0.317 e. The molecule has 1 heterocycles. The van der Waals surface area contributed by atoms with Gasteiger partial charge in [0.25, 0.3) is 0 Å². The van der Waals surface area contributed by atoms with Gasteiger partial charge in [0.2, 0.25) is 15.9 Å². The second kappa shape index (κ2) is 11.1. The van der Waals surface area contributed by atoms with Crippen molar-refractivity contribution in [2.75, 3.05) is 39.8 Å². The topological polar surface area (TPSA) is 90.0 Å². The van der Waals surface area contributed by atoms with Gasteiger partial charge in [-0.15, -0.1) is 0 Å². The lowest BCUT2D eigenvalue weighted by Crippen LogP contribution is -2.51. The average molecular weight is 459 g/mol. The summed E-state index contributed by atoms with van der Waals surface area (Å²) in [6.45, 7) is 2.01. The molecule has 0 aliphatic carbocycles. The molecule has 1 aliphatic heterocycles. The highest BCUT2D eigenvalue weighted by molar-refractivity contribution is 7.88. The van der Waals surface area contributed by atoms with Gasteiger partial charge in [0.15, 0.2) is 0 Å². The molecule has 2 aromatic rings. The van der Waals surface area contributed by atoms with E-state index in [4.69, 9.17) is 0 Å². The van der Waals surface area contributed by atoms with Crippen LogP contribution in [0.15, 0.2) is 60.7 Å². The predicted molar refractivity (Wildman–Crippen MR) is 123 cm³/mol. The third-order valence-electron chi connectivity index (χ3n) is 5.40. The maximum atomic E-state index is 12.6. The van der Waals surface area contributed by atoms with E-state index in [0.717, 1.165) is 11.1 Å². The molecule has 8 nitrogen and oxygen atoms in total. The highest BCUT2D eigenvalue weighted by Crippen LogP contribution is 2.14. The molecule has 1 N–H and O–H groups in total. The van der Waals surface area contributed by atoms with Crippen LogP contribution < -0.4 is 5.32 Å². The van der Waals surface area contributed by atoms with Crippen molar-refractivity contribution in [2.24, 2.45) is 0 Å². The highest BCUT2D eigenvalue weighted by atomic mass is 32.2. The van der Waals surface area contributed by atoms with E-state index in [0.29, 0.717) is 19.6 Å². The lowest BCUT2D eigenvalue weighted by Gasteiger charge is -2.34. The second-order valence-electron chi connectivity index (χ2n) is 7.85. The Morgan fingerprint density at radius 3 is 2.06 bits per heavy atom. The van der Waals surface area contributed by atoms with E-state index in [1.165, 1.54) is 4.31 Å². The van der Waals surface area contributed by atoms with Crippen LogP contribution in [0, 0.1) is 0 Å². The molecule has 172 valence electrons. The lowest BCUT2D eigenvalue weighted by molar-refractivity contribution is -0.132. The Labute approximate surface area is 189 Å². The molecular formula is C23H30N4O4S. The number of hydrogen-bond donors (Lipinski definition) is 1. The molecule has 9 heteroatoms. The normalized spacial score (nSPS) is 14.7. The zero-order chi connectivity index (χ0) is 23.0. The number of urea groups is 1. The maximum Gasteiger partial charge on any atom is 0.317 e. The number of amides is 3. The Hall–Kier alpha value is -2.91. The Kier molecular flexibility index (Phi) is 8.24. The van der Waals surface area contributed by atoms with Crippen LogP contribution in [0.2, 0.25) is 0 Å². The number of carbonyl (C=O) groups excluding carboxylic acids is 2. The standard InChI is InChI=1S/C23H30N4O4S/c1-25(18-20-8-4-2-5-9-20)23(29)24-13-12-22(28)26-14-16-27(17-15-26)32(30,31)19-21-10-6-3-7-11-21/h2-11H,12-19H2,1H3,(H,24,29). The number of hydrogen-bond acceptors (Lipinski definition) is 4. The fraction of sp³-hybridized carbons (Fsp3) is 0.391. The van der Waals surface area contributed by atoms with Gasteiger partial charge in [0, 0.05) is 52.7 Å². The minimum atomic E-state index is -3.42. The van der Waals surface area contributed by atoms with Crippen LogP contribution in [-0.4, -0.2) is 74.2 Å². The summed E-state index contributed by atoms with van der Waals surface area (Å²) in [5, 5.41) is 2.77. The second-order valence-corrected chi connectivity index (χ2v) is 9.81. The maximum absolute atomic E-state index is 12.6. The summed E-state index contributed by atoms with van der Waals surface area (Å²) in [6, 6.07) is 18.5. The molecule has 0 unspecified atom stereocenters. The number of nitrogens with one attached hydrogen (secondary N) is 1. The van der Waals surface area contributed by atoms with Crippen LogP contribution in [0.3, 0.4) is 0 Å². The number of rotatable bonds is 8. The van der Waals surface area contributed by atoms with Crippen LogP contribution in [-0.2, 0) is 27.1 Å². The Balaban J connectivity index is 1.38. The summed E-state index contributed by atoms with van der Waals surface area (Å²) >= 11 is 0. The van der Waals surface area contributed by atoms with E-state index in [1.54, 1.807) is 29.0 Å². The zero-order valence-corrected chi connectivity index (χ0v) is 19.1.